The van der Waals surface area contributed by atoms with Gasteiger partial charge in [0.2, 0.25) is 5.91 Å². The minimum Gasteiger partial charge on any atom is -0.381 e. The van der Waals surface area contributed by atoms with Crippen LogP contribution in [0.1, 0.15) is 19.3 Å². The minimum atomic E-state index is -3.06. The van der Waals surface area contributed by atoms with Crippen molar-refractivity contribution in [2.45, 2.75) is 25.3 Å². The molecule has 18 heavy (non-hydrogen) atoms. The third kappa shape index (κ3) is 6.32. The Hall–Kier alpha value is -0.660. The van der Waals surface area contributed by atoms with Gasteiger partial charge in [-0.2, -0.15) is 0 Å². The lowest BCUT2D eigenvalue weighted by molar-refractivity contribution is -0.122. The lowest BCUT2D eigenvalue weighted by atomic mass is 10.1. The molecule has 2 unspecified atom stereocenters. The van der Waals surface area contributed by atoms with E-state index in [1.165, 1.54) is 0 Å². The summed E-state index contributed by atoms with van der Waals surface area (Å²) in [6.45, 7) is 2.13. The van der Waals surface area contributed by atoms with Gasteiger partial charge in [0.15, 0.2) is 0 Å². The molecule has 1 rings (SSSR count). The smallest absolute Gasteiger partial charge is 0.236 e. The van der Waals surface area contributed by atoms with Gasteiger partial charge >= 0.3 is 0 Å². The molecule has 0 spiro atoms. The van der Waals surface area contributed by atoms with Gasteiger partial charge in [0.05, 0.1) is 11.8 Å². The maximum absolute atomic E-state index is 11.6. The highest BCUT2D eigenvalue weighted by Crippen LogP contribution is 2.15. The van der Waals surface area contributed by atoms with E-state index >= 15 is 0 Å². The number of hydrogen-bond donors (Lipinski definition) is 2. The predicted molar refractivity (Wildman–Crippen MR) is 68.9 cm³/mol. The summed E-state index contributed by atoms with van der Waals surface area (Å²) in [6.07, 6.45) is 3.22. The fraction of sp³-hybridized carbons (Fsp3) is 0.909. The van der Waals surface area contributed by atoms with Crippen molar-refractivity contribution in [3.8, 4) is 0 Å². The Labute approximate surface area is 108 Å². The Morgan fingerprint density at radius 1 is 1.56 bits per heavy atom. The van der Waals surface area contributed by atoms with Crippen LogP contribution in [0.5, 0.6) is 0 Å². The van der Waals surface area contributed by atoms with Crippen LogP contribution in [0.25, 0.3) is 0 Å². The number of ether oxygens (including phenoxy) is 1. The van der Waals surface area contributed by atoms with Gasteiger partial charge in [-0.3, -0.25) is 4.79 Å². The van der Waals surface area contributed by atoms with Crippen LogP contribution in [0.4, 0.5) is 0 Å². The molecule has 1 aliphatic rings. The second-order valence-electron chi connectivity index (χ2n) is 4.83. The first-order valence-electron chi connectivity index (χ1n) is 6.17. The van der Waals surface area contributed by atoms with Crippen molar-refractivity contribution in [3.63, 3.8) is 0 Å². The Bertz CT molecular complexity index is 363. The number of hydrogen-bond acceptors (Lipinski definition) is 5. The van der Waals surface area contributed by atoms with Crippen molar-refractivity contribution in [1.29, 1.82) is 0 Å². The summed E-state index contributed by atoms with van der Waals surface area (Å²) in [7, 11) is -3.06. The highest BCUT2D eigenvalue weighted by Gasteiger charge is 2.18. The van der Waals surface area contributed by atoms with Crippen LogP contribution in [0.15, 0.2) is 0 Å². The summed E-state index contributed by atoms with van der Waals surface area (Å²) in [6, 6.07) is -0.750. The summed E-state index contributed by atoms with van der Waals surface area (Å²) >= 11 is 0. The Morgan fingerprint density at radius 3 is 2.83 bits per heavy atom. The molecule has 0 bridgehead atoms. The molecule has 1 heterocycles. The van der Waals surface area contributed by atoms with E-state index in [9.17, 15) is 13.2 Å². The number of amides is 1. The molecule has 0 saturated carbocycles. The van der Waals surface area contributed by atoms with Crippen LogP contribution in [0, 0.1) is 5.92 Å². The van der Waals surface area contributed by atoms with Crippen molar-refractivity contribution in [1.82, 2.24) is 5.32 Å². The van der Waals surface area contributed by atoms with Crippen LogP contribution in [-0.2, 0) is 19.4 Å². The van der Waals surface area contributed by atoms with Crippen LogP contribution in [-0.4, -0.2) is 52.1 Å². The molecule has 3 N–H and O–H groups in total. The van der Waals surface area contributed by atoms with Crippen molar-refractivity contribution in [2.75, 3.05) is 31.8 Å². The van der Waals surface area contributed by atoms with E-state index in [0.717, 1.165) is 32.3 Å². The van der Waals surface area contributed by atoms with Gasteiger partial charge < -0.3 is 15.8 Å². The van der Waals surface area contributed by atoms with Crippen molar-refractivity contribution in [2.24, 2.45) is 11.7 Å². The van der Waals surface area contributed by atoms with Gasteiger partial charge in [0, 0.05) is 26.0 Å². The first-order chi connectivity index (χ1) is 8.38. The Morgan fingerprint density at radius 2 is 2.28 bits per heavy atom. The van der Waals surface area contributed by atoms with Crippen molar-refractivity contribution < 1.29 is 17.9 Å². The van der Waals surface area contributed by atoms with E-state index < -0.39 is 15.9 Å². The molecule has 1 aliphatic heterocycles. The molecule has 106 valence electrons. The van der Waals surface area contributed by atoms with Gasteiger partial charge in [-0.25, -0.2) is 8.42 Å². The number of nitrogens with two attached hydrogens (primary N) is 1. The molecular weight excluding hydrogens is 256 g/mol. The maximum Gasteiger partial charge on any atom is 0.236 e. The third-order valence-electron chi connectivity index (χ3n) is 3.01. The van der Waals surface area contributed by atoms with Crippen LogP contribution < -0.4 is 11.1 Å². The lowest BCUT2D eigenvalue weighted by Crippen LogP contribution is -2.42. The van der Waals surface area contributed by atoms with Gasteiger partial charge in [-0.1, -0.05) is 0 Å². The molecule has 0 aromatic rings. The molecule has 7 heteroatoms. The molecular formula is C11H22N2O4S. The fourth-order valence-electron chi connectivity index (χ4n) is 1.81. The quantitative estimate of drug-likeness (QED) is 0.641. The highest BCUT2D eigenvalue weighted by atomic mass is 32.2. The van der Waals surface area contributed by atoms with Gasteiger partial charge in [0.25, 0.3) is 0 Å². The van der Waals surface area contributed by atoms with Crippen LogP contribution in [0.3, 0.4) is 0 Å². The predicted octanol–water partition coefficient (Wildman–Crippen LogP) is -0.709. The Kier molecular flexibility index (Phi) is 6.04. The normalized spacial score (nSPS) is 21.8. The van der Waals surface area contributed by atoms with E-state index in [2.05, 4.69) is 5.32 Å². The molecule has 0 aliphatic carbocycles. The van der Waals surface area contributed by atoms with E-state index in [1.807, 2.05) is 0 Å². The number of carbonyl (C=O) groups excluding carboxylic acids is 1. The standard InChI is InChI=1S/C11H22N2O4S/c1-18(15,16)7-4-10(12)11(14)13-5-2-9-3-6-17-8-9/h9-10H,2-8,12H2,1H3,(H,13,14). The van der Waals surface area contributed by atoms with E-state index in [0.29, 0.717) is 12.5 Å². The average molecular weight is 278 g/mol. The highest BCUT2D eigenvalue weighted by molar-refractivity contribution is 7.90. The van der Waals surface area contributed by atoms with Crippen molar-refractivity contribution >= 4 is 15.7 Å². The fourth-order valence-corrected chi connectivity index (χ4v) is 2.50. The molecule has 0 aromatic heterocycles. The van der Waals surface area contributed by atoms with Gasteiger partial charge in [0.1, 0.15) is 9.84 Å². The minimum absolute atomic E-state index is 0.0575. The topological polar surface area (TPSA) is 98.5 Å². The zero-order chi connectivity index (χ0) is 13.6. The van der Waals surface area contributed by atoms with Gasteiger partial charge in [-0.15, -0.1) is 0 Å². The first kappa shape index (κ1) is 15.4. The second kappa shape index (κ2) is 7.06. The SMILES string of the molecule is CS(=O)(=O)CCC(N)C(=O)NCCC1CCOC1. The van der Waals surface area contributed by atoms with E-state index in [-0.39, 0.29) is 18.1 Å². The van der Waals surface area contributed by atoms with Crippen molar-refractivity contribution in [3.05, 3.63) is 0 Å². The second-order valence-corrected chi connectivity index (χ2v) is 7.09. The zero-order valence-electron chi connectivity index (χ0n) is 10.7. The number of carbonyl (C=O) groups is 1. The molecule has 1 fully saturated rings. The molecule has 0 aromatic carbocycles. The summed E-state index contributed by atoms with van der Waals surface area (Å²) in [5.74, 6) is 0.174. The molecule has 6 nitrogen and oxygen atoms in total. The van der Waals surface area contributed by atoms with E-state index in [4.69, 9.17) is 10.5 Å². The summed E-state index contributed by atoms with van der Waals surface area (Å²) < 4.78 is 27.1. The lowest BCUT2D eigenvalue weighted by Gasteiger charge is -2.13. The molecule has 1 amide bonds. The molecule has 0 radical (unpaired) electrons. The monoisotopic (exact) mass is 278 g/mol. The number of sulfone groups is 1. The van der Waals surface area contributed by atoms with E-state index in [1.54, 1.807) is 0 Å². The largest absolute Gasteiger partial charge is 0.381 e. The summed E-state index contributed by atoms with van der Waals surface area (Å²) in [5.41, 5.74) is 5.62. The first-order valence-corrected chi connectivity index (χ1v) is 8.23. The zero-order valence-corrected chi connectivity index (χ0v) is 11.5. The average Bonchev–Trinajstić information content (AvgIpc) is 2.77. The summed E-state index contributed by atoms with van der Waals surface area (Å²) in [5, 5.41) is 2.73. The molecule has 2 atom stereocenters. The van der Waals surface area contributed by atoms with Crippen LogP contribution in [0.2, 0.25) is 0 Å². The van der Waals surface area contributed by atoms with Crippen LogP contribution >= 0.6 is 0 Å². The third-order valence-corrected chi connectivity index (χ3v) is 3.99. The number of rotatable bonds is 7. The molecule has 1 saturated heterocycles. The number of nitrogens with one attached hydrogen (secondary N) is 1. The van der Waals surface area contributed by atoms with Gasteiger partial charge in [-0.05, 0) is 25.2 Å². The summed E-state index contributed by atoms with van der Waals surface area (Å²) in [4.78, 5) is 11.6. The Balaban J connectivity index is 2.14. The maximum atomic E-state index is 11.6.